The molecule has 8 nitrogen and oxygen atoms in total. The quantitative estimate of drug-likeness (QED) is 0.349. The molecule has 4 aromatic rings. The van der Waals surface area contributed by atoms with Gasteiger partial charge in [0, 0.05) is 43.3 Å². The average Bonchev–Trinajstić information content (AvgIpc) is 3.52. The van der Waals surface area contributed by atoms with Gasteiger partial charge < -0.3 is 10.6 Å². The van der Waals surface area contributed by atoms with Gasteiger partial charge in [0.1, 0.15) is 11.6 Å². The molecule has 0 spiro atoms. The van der Waals surface area contributed by atoms with E-state index in [0.717, 1.165) is 6.07 Å². The summed E-state index contributed by atoms with van der Waals surface area (Å²) >= 11 is 0. The Morgan fingerprint density at radius 1 is 1.18 bits per heavy atom. The van der Waals surface area contributed by atoms with Crippen LogP contribution in [0.25, 0.3) is 22.5 Å². The lowest BCUT2D eigenvalue weighted by Crippen LogP contribution is -2.21. The van der Waals surface area contributed by atoms with Gasteiger partial charge >= 0.3 is 6.18 Å². The van der Waals surface area contributed by atoms with Crippen molar-refractivity contribution in [2.45, 2.75) is 19.0 Å². The molecule has 0 radical (unpaired) electrons. The lowest BCUT2D eigenvalue weighted by molar-refractivity contribution is -0.137. The van der Waals surface area contributed by atoms with Crippen molar-refractivity contribution in [3.8, 4) is 22.5 Å². The number of alkyl halides is 3. The maximum Gasteiger partial charge on any atom is 0.417 e. The Morgan fingerprint density at radius 2 is 1.95 bits per heavy atom. The van der Waals surface area contributed by atoms with E-state index in [4.69, 9.17) is 0 Å². The molecule has 0 bridgehead atoms. The summed E-state index contributed by atoms with van der Waals surface area (Å²) in [7, 11) is 1.53. The Balaban J connectivity index is 1.52. The normalized spacial score (nSPS) is 15.3. The summed E-state index contributed by atoms with van der Waals surface area (Å²) in [6, 6.07) is 11.3. The number of amides is 2. The highest BCUT2D eigenvalue weighted by molar-refractivity contribution is 6.06. The van der Waals surface area contributed by atoms with Crippen LogP contribution in [0.1, 0.15) is 28.2 Å². The van der Waals surface area contributed by atoms with Gasteiger partial charge in [0.15, 0.2) is 0 Å². The number of aromatic nitrogens is 4. The monoisotopic (exact) mass is 538 g/mol. The first kappa shape index (κ1) is 26.0. The first-order chi connectivity index (χ1) is 18.6. The van der Waals surface area contributed by atoms with Gasteiger partial charge in [0.25, 0.3) is 5.91 Å². The SMILES string of the molecule is Cn1ccc(-c2cc(C(=O)Nc3cnc(C[C@@H]4CCNC4=O)nc3-c3ccccc3)c(F)cc2C(F)(F)F)n1. The van der Waals surface area contributed by atoms with Crippen LogP contribution in [0.3, 0.4) is 0 Å². The first-order valence-corrected chi connectivity index (χ1v) is 12.0. The summed E-state index contributed by atoms with van der Waals surface area (Å²) in [6.07, 6.45) is -1.15. The Bertz CT molecular complexity index is 1550. The van der Waals surface area contributed by atoms with Crippen LogP contribution in [0.4, 0.5) is 23.2 Å². The van der Waals surface area contributed by atoms with Gasteiger partial charge in [-0.25, -0.2) is 14.4 Å². The van der Waals surface area contributed by atoms with E-state index < -0.39 is 34.6 Å². The second kappa shape index (κ2) is 10.3. The lowest BCUT2D eigenvalue weighted by Gasteiger charge is -2.16. The summed E-state index contributed by atoms with van der Waals surface area (Å²) in [6.45, 7) is 0.572. The molecular weight excluding hydrogens is 516 g/mol. The fraction of sp³-hybridized carbons (Fsp3) is 0.222. The zero-order chi connectivity index (χ0) is 27.7. The molecule has 39 heavy (non-hydrogen) atoms. The van der Waals surface area contributed by atoms with E-state index >= 15 is 0 Å². The number of halogens is 4. The van der Waals surface area contributed by atoms with Gasteiger partial charge in [0.05, 0.1) is 34.4 Å². The van der Waals surface area contributed by atoms with E-state index in [9.17, 15) is 27.2 Å². The number of nitrogens with one attached hydrogen (secondary N) is 2. The fourth-order valence-corrected chi connectivity index (χ4v) is 4.43. The predicted octanol–water partition coefficient (Wildman–Crippen LogP) is 4.63. The molecule has 2 N–H and O–H groups in total. The van der Waals surface area contributed by atoms with E-state index in [0.29, 0.717) is 42.5 Å². The Morgan fingerprint density at radius 3 is 2.59 bits per heavy atom. The fourth-order valence-electron chi connectivity index (χ4n) is 4.43. The first-order valence-electron chi connectivity index (χ1n) is 12.0. The second-order valence-corrected chi connectivity index (χ2v) is 9.10. The van der Waals surface area contributed by atoms with Crippen molar-refractivity contribution >= 4 is 17.5 Å². The number of hydrogen-bond acceptors (Lipinski definition) is 5. The van der Waals surface area contributed by atoms with Crippen LogP contribution >= 0.6 is 0 Å². The molecule has 200 valence electrons. The van der Waals surface area contributed by atoms with Crippen LogP contribution < -0.4 is 10.6 Å². The summed E-state index contributed by atoms with van der Waals surface area (Å²) < 4.78 is 57.4. The summed E-state index contributed by atoms with van der Waals surface area (Å²) in [4.78, 5) is 34.1. The van der Waals surface area contributed by atoms with Crippen LogP contribution in [0.5, 0.6) is 0 Å². The molecule has 1 saturated heterocycles. The number of anilines is 1. The number of rotatable bonds is 6. The van der Waals surface area contributed by atoms with E-state index in [1.54, 1.807) is 30.3 Å². The summed E-state index contributed by atoms with van der Waals surface area (Å²) in [5, 5.41) is 9.31. The van der Waals surface area contributed by atoms with E-state index in [1.807, 2.05) is 0 Å². The van der Waals surface area contributed by atoms with Crippen molar-refractivity contribution in [1.82, 2.24) is 25.1 Å². The lowest BCUT2D eigenvalue weighted by atomic mass is 9.99. The molecular formula is C27H22F4N6O2. The largest absolute Gasteiger partial charge is 0.417 e. The smallest absolute Gasteiger partial charge is 0.356 e. The maximum absolute atomic E-state index is 14.9. The minimum Gasteiger partial charge on any atom is -0.356 e. The molecule has 2 amide bonds. The van der Waals surface area contributed by atoms with Crippen molar-refractivity contribution < 1.29 is 27.2 Å². The van der Waals surface area contributed by atoms with Crippen LogP contribution in [0, 0.1) is 11.7 Å². The molecule has 0 saturated carbocycles. The van der Waals surface area contributed by atoms with Gasteiger partial charge in [-0.2, -0.15) is 18.3 Å². The van der Waals surface area contributed by atoms with Crippen molar-refractivity contribution in [2.24, 2.45) is 13.0 Å². The molecule has 0 unspecified atom stereocenters. The molecule has 0 aliphatic carbocycles. The van der Waals surface area contributed by atoms with Gasteiger partial charge in [0.2, 0.25) is 5.91 Å². The molecule has 1 atom stereocenters. The Labute approximate surface area is 220 Å². The number of carbonyl (C=O) groups excluding carboxylic acids is 2. The van der Waals surface area contributed by atoms with Gasteiger partial charge in [-0.05, 0) is 24.6 Å². The zero-order valence-corrected chi connectivity index (χ0v) is 20.6. The van der Waals surface area contributed by atoms with Crippen LogP contribution in [-0.4, -0.2) is 38.1 Å². The predicted molar refractivity (Wildman–Crippen MR) is 134 cm³/mol. The van der Waals surface area contributed by atoms with Crippen LogP contribution in [-0.2, 0) is 24.4 Å². The molecule has 3 heterocycles. The highest BCUT2D eigenvalue weighted by Gasteiger charge is 2.36. The van der Waals surface area contributed by atoms with Crippen molar-refractivity contribution in [1.29, 1.82) is 0 Å². The number of nitrogens with zero attached hydrogens (tertiary/aromatic N) is 4. The van der Waals surface area contributed by atoms with Gasteiger partial charge in [-0.15, -0.1) is 0 Å². The number of aryl methyl sites for hydroxylation is 1. The molecule has 1 aliphatic heterocycles. The third kappa shape index (κ3) is 5.49. The molecule has 5 rings (SSSR count). The van der Waals surface area contributed by atoms with Crippen molar-refractivity contribution in [3.05, 3.63) is 83.7 Å². The highest BCUT2D eigenvalue weighted by atomic mass is 19.4. The van der Waals surface area contributed by atoms with Gasteiger partial charge in [-0.1, -0.05) is 30.3 Å². The maximum atomic E-state index is 14.9. The number of carbonyl (C=O) groups is 2. The standard InChI is InChI=1S/C27H22F4N6O2/c1-37-10-8-21(36-37)17-12-18(20(28)13-19(17)27(29,30)31)26(39)34-22-14-33-23(11-16-7-9-32-25(16)38)35-24(22)15-5-3-2-4-6-15/h2-6,8,10,12-14,16H,7,9,11H2,1H3,(H,32,38)(H,34,39)/t16-/m0/s1. The van der Waals surface area contributed by atoms with E-state index in [-0.39, 0.29) is 23.2 Å². The van der Waals surface area contributed by atoms with Gasteiger partial charge in [-0.3, -0.25) is 14.3 Å². The van der Waals surface area contributed by atoms with Crippen molar-refractivity contribution in [2.75, 3.05) is 11.9 Å². The molecule has 1 fully saturated rings. The third-order valence-electron chi connectivity index (χ3n) is 6.37. The molecule has 2 aromatic carbocycles. The minimum absolute atomic E-state index is 0.0625. The second-order valence-electron chi connectivity index (χ2n) is 9.10. The Kier molecular flexibility index (Phi) is 6.85. The highest BCUT2D eigenvalue weighted by Crippen LogP contribution is 2.38. The zero-order valence-electron chi connectivity index (χ0n) is 20.6. The molecule has 1 aliphatic rings. The van der Waals surface area contributed by atoms with E-state index in [1.165, 1.54) is 30.2 Å². The number of hydrogen-bond donors (Lipinski definition) is 2. The Hall–Kier alpha value is -4.61. The third-order valence-corrected chi connectivity index (χ3v) is 6.37. The van der Waals surface area contributed by atoms with Crippen LogP contribution in [0.2, 0.25) is 0 Å². The summed E-state index contributed by atoms with van der Waals surface area (Å²) in [5.41, 5.74) is -1.27. The minimum atomic E-state index is -4.87. The number of benzene rings is 2. The molecule has 2 aromatic heterocycles. The summed E-state index contributed by atoms with van der Waals surface area (Å²) in [5.74, 6) is -2.31. The topological polar surface area (TPSA) is 102 Å². The van der Waals surface area contributed by atoms with Crippen molar-refractivity contribution in [3.63, 3.8) is 0 Å². The van der Waals surface area contributed by atoms with Crippen LogP contribution in [0.15, 0.2) is 60.9 Å². The average molecular weight is 539 g/mol. The molecule has 12 heteroatoms. The van der Waals surface area contributed by atoms with E-state index in [2.05, 4.69) is 25.7 Å².